The van der Waals surface area contributed by atoms with E-state index in [1.807, 2.05) is 10.5 Å². The van der Waals surface area contributed by atoms with Gasteiger partial charge < -0.3 is 0 Å². The van der Waals surface area contributed by atoms with E-state index in [9.17, 15) is 0 Å². The van der Waals surface area contributed by atoms with E-state index < -0.39 is 0 Å². The van der Waals surface area contributed by atoms with E-state index in [2.05, 4.69) is 30.1 Å². The van der Waals surface area contributed by atoms with Crippen molar-refractivity contribution in [3.63, 3.8) is 0 Å². The molecule has 82 valence electrons. The quantitative estimate of drug-likeness (QED) is 0.788. The number of aromatic nitrogens is 3. The second-order valence-corrected chi connectivity index (χ2v) is 4.01. The maximum absolute atomic E-state index is 8.86. The molecule has 16 heavy (non-hydrogen) atoms. The fraction of sp³-hybridized carbons (Fsp3) is 0.417. The lowest BCUT2D eigenvalue weighted by Crippen LogP contribution is -2.00. The van der Waals surface area contributed by atoms with Crippen LogP contribution in [0.15, 0.2) is 18.3 Å². The van der Waals surface area contributed by atoms with Gasteiger partial charge in [-0.2, -0.15) is 5.26 Å². The van der Waals surface area contributed by atoms with Crippen LogP contribution in [0.2, 0.25) is 0 Å². The summed E-state index contributed by atoms with van der Waals surface area (Å²) >= 11 is 0. The highest BCUT2D eigenvalue weighted by Crippen LogP contribution is 2.19. The topological polar surface area (TPSA) is 54.0 Å². The Kier molecular flexibility index (Phi) is 2.86. The normalized spacial score (nSPS) is 12.6. The first-order valence-corrected chi connectivity index (χ1v) is 5.51. The molecule has 0 amide bonds. The smallest absolute Gasteiger partial charge is 0.160 e. The van der Waals surface area contributed by atoms with Crippen LogP contribution in [0.5, 0.6) is 0 Å². The van der Waals surface area contributed by atoms with Gasteiger partial charge in [0.15, 0.2) is 5.65 Å². The summed E-state index contributed by atoms with van der Waals surface area (Å²) in [5, 5.41) is 17.2. The minimum Gasteiger partial charge on any atom is -0.285 e. The number of pyridine rings is 1. The Balaban J connectivity index is 2.50. The molecule has 2 aromatic heterocycles. The van der Waals surface area contributed by atoms with E-state index in [-0.39, 0.29) is 0 Å². The van der Waals surface area contributed by atoms with Crippen molar-refractivity contribution in [2.45, 2.75) is 32.6 Å². The third-order valence-corrected chi connectivity index (χ3v) is 2.72. The molecule has 0 radical (unpaired) electrons. The second-order valence-electron chi connectivity index (χ2n) is 4.01. The van der Waals surface area contributed by atoms with Crippen LogP contribution in [0.1, 0.15) is 44.0 Å². The minimum atomic E-state index is 0.369. The molecule has 0 spiro atoms. The first kappa shape index (κ1) is 10.6. The van der Waals surface area contributed by atoms with Crippen molar-refractivity contribution in [2.75, 3.05) is 0 Å². The van der Waals surface area contributed by atoms with Crippen LogP contribution < -0.4 is 0 Å². The Morgan fingerprint density at radius 2 is 2.25 bits per heavy atom. The third-order valence-electron chi connectivity index (χ3n) is 2.72. The monoisotopic (exact) mass is 214 g/mol. The number of rotatable bonds is 3. The molecule has 0 saturated carbocycles. The second kappa shape index (κ2) is 4.31. The van der Waals surface area contributed by atoms with Crippen LogP contribution in [0.25, 0.3) is 5.65 Å². The van der Waals surface area contributed by atoms with E-state index in [0.29, 0.717) is 11.5 Å². The number of hydrogen-bond donors (Lipinski definition) is 0. The van der Waals surface area contributed by atoms with Gasteiger partial charge in [-0.05, 0) is 18.6 Å². The van der Waals surface area contributed by atoms with E-state index in [1.165, 1.54) is 0 Å². The van der Waals surface area contributed by atoms with Crippen LogP contribution in [-0.4, -0.2) is 14.6 Å². The van der Waals surface area contributed by atoms with Gasteiger partial charge in [0.25, 0.3) is 0 Å². The Morgan fingerprint density at radius 1 is 1.44 bits per heavy atom. The molecule has 0 bridgehead atoms. The SMILES string of the molecule is CCCC(C)c1nnc2ccc(C#N)cn12. The maximum atomic E-state index is 8.86. The fourth-order valence-electron chi connectivity index (χ4n) is 1.87. The van der Waals surface area contributed by atoms with E-state index in [1.54, 1.807) is 12.3 Å². The first-order chi connectivity index (χ1) is 7.76. The zero-order valence-electron chi connectivity index (χ0n) is 9.51. The summed E-state index contributed by atoms with van der Waals surface area (Å²) in [4.78, 5) is 0. The third kappa shape index (κ3) is 1.76. The number of nitrogens with zero attached hydrogens (tertiary/aromatic N) is 4. The molecular weight excluding hydrogens is 200 g/mol. The van der Waals surface area contributed by atoms with Gasteiger partial charge in [0, 0.05) is 12.1 Å². The molecule has 0 saturated heterocycles. The van der Waals surface area contributed by atoms with Gasteiger partial charge in [-0.3, -0.25) is 4.40 Å². The molecule has 0 aliphatic rings. The Bertz CT molecular complexity index is 535. The molecule has 1 atom stereocenters. The predicted octanol–water partition coefficient (Wildman–Crippen LogP) is 2.50. The van der Waals surface area contributed by atoms with Gasteiger partial charge in [-0.15, -0.1) is 10.2 Å². The summed E-state index contributed by atoms with van der Waals surface area (Å²) in [6.07, 6.45) is 4.00. The largest absolute Gasteiger partial charge is 0.285 e. The van der Waals surface area contributed by atoms with E-state index >= 15 is 0 Å². The zero-order chi connectivity index (χ0) is 11.5. The van der Waals surface area contributed by atoms with Crippen LogP contribution in [0, 0.1) is 11.3 Å². The number of hydrogen-bond acceptors (Lipinski definition) is 3. The number of fused-ring (bicyclic) bond motifs is 1. The molecule has 0 N–H and O–H groups in total. The molecule has 4 heteroatoms. The van der Waals surface area contributed by atoms with Crippen LogP contribution in [0.3, 0.4) is 0 Å². The molecule has 2 aromatic rings. The van der Waals surface area contributed by atoms with Crippen LogP contribution >= 0.6 is 0 Å². The van der Waals surface area contributed by atoms with Crippen molar-refractivity contribution in [3.8, 4) is 6.07 Å². The molecule has 0 aliphatic heterocycles. The molecule has 2 heterocycles. The van der Waals surface area contributed by atoms with Gasteiger partial charge in [0.1, 0.15) is 11.9 Å². The summed E-state index contributed by atoms with van der Waals surface area (Å²) in [7, 11) is 0. The van der Waals surface area contributed by atoms with Crippen molar-refractivity contribution >= 4 is 5.65 Å². The Morgan fingerprint density at radius 3 is 2.94 bits per heavy atom. The van der Waals surface area contributed by atoms with Crippen LogP contribution in [-0.2, 0) is 0 Å². The highest BCUT2D eigenvalue weighted by molar-refractivity contribution is 5.42. The average Bonchev–Trinajstić information content (AvgIpc) is 2.71. The molecule has 0 fully saturated rings. The average molecular weight is 214 g/mol. The van der Waals surface area contributed by atoms with Gasteiger partial charge in [0.05, 0.1) is 5.56 Å². The number of nitriles is 1. The highest BCUT2D eigenvalue weighted by atomic mass is 15.2. The van der Waals surface area contributed by atoms with Crippen molar-refractivity contribution < 1.29 is 0 Å². The zero-order valence-corrected chi connectivity index (χ0v) is 9.51. The summed E-state index contributed by atoms with van der Waals surface area (Å²) in [5.74, 6) is 1.31. The van der Waals surface area contributed by atoms with Crippen molar-refractivity contribution in [1.29, 1.82) is 5.26 Å². The standard InChI is InChI=1S/C12H14N4/c1-3-4-9(2)12-15-14-11-6-5-10(7-13)8-16(11)12/h5-6,8-9H,3-4H2,1-2H3. The molecule has 0 aliphatic carbocycles. The summed E-state index contributed by atoms with van der Waals surface area (Å²) in [6.45, 7) is 4.29. The Labute approximate surface area is 94.5 Å². The van der Waals surface area contributed by atoms with Gasteiger partial charge in [0.2, 0.25) is 0 Å². The van der Waals surface area contributed by atoms with Gasteiger partial charge in [-0.25, -0.2) is 0 Å². The molecule has 0 aromatic carbocycles. The lowest BCUT2D eigenvalue weighted by atomic mass is 10.1. The molecule has 1 unspecified atom stereocenters. The predicted molar refractivity (Wildman–Crippen MR) is 61.0 cm³/mol. The van der Waals surface area contributed by atoms with Crippen LogP contribution in [0.4, 0.5) is 0 Å². The molecule has 2 rings (SSSR count). The first-order valence-electron chi connectivity index (χ1n) is 5.51. The summed E-state index contributed by atoms with van der Waals surface area (Å²) < 4.78 is 1.92. The van der Waals surface area contributed by atoms with Gasteiger partial charge in [-0.1, -0.05) is 20.3 Å². The molecular formula is C12H14N4. The Hall–Kier alpha value is -1.89. The van der Waals surface area contributed by atoms with Crippen molar-refractivity contribution in [3.05, 3.63) is 29.7 Å². The fourth-order valence-corrected chi connectivity index (χ4v) is 1.87. The summed E-state index contributed by atoms with van der Waals surface area (Å²) in [6, 6.07) is 5.72. The minimum absolute atomic E-state index is 0.369. The van der Waals surface area contributed by atoms with Crippen molar-refractivity contribution in [1.82, 2.24) is 14.6 Å². The van der Waals surface area contributed by atoms with Crippen molar-refractivity contribution in [2.24, 2.45) is 0 Å². The van der Waals surface area contributed by atoms with Gasteiger partial charge >= 0.3 is 0 Å². The van der Waals surface area contributed by atoms with E-state index in [4.69, 9.17) is 5.26 Å². The summed E-state index contributed by atoms with van der Waals surface area (Å²) in [5.41, 5.74) is 1.44. The lowest BCUT2D eigenvalue weighted by Gasteiger charge is -2.07. The maximum Gasteiger partial charge on any atom is 0.160 e. The molecule has 4 nitrogen and oxygen atoms in total. The van der Waals surface area contributed by atoms with E-state index in [0.717, 1.165) is 24.3 Å². The highest BCUT2D eigenvalue weighted by Gasteiger charge is 2.12. The lowest BCUT2D eigenvalue weighted by molar-refractivity contribution is 0.620.